The van der Waals surface area contributed by atoms with Crippen LogP contribution in [0.3, 0.4) is 0 Å². The molecule has 1 saturated heterocycles. The van der Waals surface area contributed by atoms with Crippen molar-refractivity contribution in [3.05, 3.63) is 0 Å². The maximum Gasteiger partial charge on any atom is 0.303 e. The van der Waals surface area contributed by atoms with Gasteiger partial charge in [0, 0.05) is 13.0 Å². The normalized spacial score (nSPS) is 22.9. The summed E-state index contributed by atoms with van der Waals surface area (Å²) in [5.41, 5.74) is 0. The Morgan fingerprint density at radius 2 is 2.27 bits per heavy atom. The van der Waals surface area contributed by atoms with Crippen molar-refractivity contribution in [1.82, 2.24) is 4.90 Å². The number of carbonyl (C=O) groups is 1. The summed E-state index contributed by atoms with van der Waals surface area (Å²) < 4.78 is 0. The van der Waals surface area contributed by atoms with E-state index < -0.39 is 5.97 Å². The molecule has 3 nitrogen and oxygen atoms in total. The van der Waals surface area contributed by atoms with Crippen LogP contribution >= 0.6 is 0 Å². The number of likely N-dealkylation sites (tertiary alicyclic amines) is 1. The minimum atomic E-state index is -0.667. The predicted molar refractivity (Wildman–Crippen MR) is 60.9 cm³/mol. The van der Waals surface area contributed by atoms with Crippen LogP contribution in [-0.4, -0.2) is 35.6 Å². The van der Waals surface area contributed by atoms with Gasteiger partial charge in [0.05, 0.1) is 0 Å². The first-order valence-electron chi connectivity index (χ1n) is 6.16. The van der Waals surface area contributed by atoms with E-state index in [1.165, 1.54) is 32.4 Å². The standard InChI is InChI=1S/C12H23NO2/c1-2-11-6-5-9-13(10-11)8-4-3-7-12(14)15/h11H,2-10H2,1H3,(H,14,15). The van der Waals surface area contributed by atoms with Crippen molar-refractivity contribution >= 4 is 5.97 Å². The van der Waals surface area contributed by atoms with Gasteiger partial charge in [0.25, 0.3) is 0 Å². The first-order chi connectivity index (χ1) is 7.22. The third kappa shape index (κ3) is 5.17. The lowest BCUT2D eigenvalue weighted by Crippen LogP contribution is -2.35. The Bertz CT molecular complexity index is 194. The Hall–Kier alpha value is -0.570. The van der Waals surface area contributed by atoms with Crippen molar-refractivity contribution < 1.29 is 9.90 Å². The van der Waals surface area contributed by atoms with Crippen molar-refractivity contribution in [1.29, 1.82) is 0 Å². The van der Waals surface area contributed by atoms with Gasteiger partial charge in [-0.3, -0.25) is 4.79 Å². The molecule has 3 heteroatoms. The fraction of sp³-hybridized carbons (Fsp3) is 0.917. The molecule has 1 unspecified atom stereocenters. The van der Waals surface area contributed by atoms with Crippen LogP contribution in [0.2, 0.25) is 0 Å². The van der Waals surface area contributed by atoms with Gasteiger partial charge in [-0.25, -0.2) is 0 Å². The summed E-state index contributed by atoms with van der Waals surface area (Å²) in [5, 5.41) is 8.52. The zero-order valence-corrected chi connectivity index (χ0v) is 9.74. The van der Waals surface area contributed by atoms with Crippen LogP contribution < -0.4 is 0 Å². The molecule has 0 radical (unpaired) electrons. The van der Waals surface area contributed by atoms with Crippen molar-refractivity contribution in [2.45, 2.75) is 45.4 Å². The number of hydrogen-bond acceptors (Lipinski definition) is 2. The first kappa shape index (κ1) is 12.5. The van der Waals surface area contributed by atoms with Crippen LogP contribution in [0.4, 0.5) is 0 Å². The van der Waals surface area contributed by atoms with E-state index in [1.54, 1.807) is 0 Å². The maximum absolute atomic E-state index is 10.3. The molecular weight excluding hydrogens is 190 g/mol. The summed E-state index contributed by atoms with van der Waals surface area (Å²) in [5.74, 6) is 0.207. The Morgan fingerprint density at radius 1 is 1.47 bits per heavy atom. The van der Waals surface area contributed by atoms with Crippen LogP contribution in [0.5, 0.6) is 0 Å². The van der Waals surface area contributed by atoms with E-state index in [9.17, 15) is 4.79 Å². The lowest BCUT2D eigenvalue weighted by Gasteiger charge is -2.32. The second-order valence-electron chi connectivity index (χ2n) is 4.57. The average Bonchev–Trinajstić information content (AvgIpc) is 2.24. The highest BCUT2D eigenvalue weighted by atomic mass is 16.4. The maximum atomic E-state index is 10.3. The van der Waals surface area contributed by atoms with Crippen molar-refractivity contribution in [2.75, 3.05) is 19.6 Å². The summed E-state index contributed by atoms with van der Waals surface area (Å²) in [6, 6.07) is 0. The fourth-order valence-electron chi connectivity index (χ4n) is 2.30. The van der Waals surface area contributed by atoms with Gasteiger partial charge in [0.15, 0.2) is 0 Å². The Balaban J connectivity index is 2.07. The van der Waals surface area contributed by atoms with Crippen LogP contribution in [0, 0.1) is 5.92 Å². The molecule has 0 amide bonds. The second-order valence-corrected chi connectivity index (χ2v) is 4.57. The van der Waals surface area contributed by atoms with Crippen molar-refractivity contribution in [3.8, 4) is 0 Å². The summed E-state index contributed by atoms with van der Waals surface area (Å²) >= 11 is 0. The number of aliphatic carboxylic acids is 1. The highest BCUT2D eigenvalue weighted by molar-refractivity contribution is 5.66. The summed E-state index contributed by atoms with van der Waals surface area (Å²) in [6.45, 7) is 5.79. The van der Waals surface area contributed by atoms with Gasteiger partial charge in [-0.1, -0.05) is 13.3 Å². The van der Waals surface area contributed by atoms with E-state index in [4.69, 9.17) is 5.11 Å². The quantitative estimate of drug-likeness (QED) is 0.689. The van der Waals surface area contributed by atoms with Gasteiger partial charge < -0.3 is 10.0 Å². The van der Waals surface area contributed by atoms with Crippen molar-refractivity contribution in [2.24, 2.45) is 5.92 Å². The van der Waals surface area contributed by atoms with Gasteiger partial charge in [0.2, 0.25) is 0 Å². The molecule has 0 aromatic carbocycles. The third-order valence-electron chi connectivity index (χ3n) is 3.30. The average molecular weight is 213 g/mol. The smallest absolute Gasteiger partial charge is 0.303 e. The molecule has 15 heavy (non-hydrogen) atoms. The zero-order valence-electron chi connectivity index (χ0n) is 9.74. The monoisotopic (exact) mass is 213 g/mol. The SMILES string of the molecule is CCC1CCCN(CCCCC(=O)O)C1. The van der Waals surface area contributed by atoms with E-state index in [0.29, 0.717) is 6.42 Å². The highest BCUT2D eigenvalue weighted by Crippen LogP contribution is 2.19. The van der Waals surface area contributed by atoms with E-state index in [1.807, 2.05) is 0 Å². The van der Waals surface area contributed by atoms with Gasteiger partial charge in [0.1, 0.15) is 0 Å². The second kappa shape index (κ2) is 6.83. The van der Waals surface area contributed by atoms with Crippen LogP contribution in [0.25, 0.3) is 0 Å². The molecule has 0 bridgehead atoms. The Kier molecular flexibility index (Phi) is 5.69. The molecule has 1 atom stereocenters. The summed E-state index contributed by atoms with van der Waals surface area (Å²) in [4.78, 5) is 12.8. The molecule has 88 valence electrons. The van der Waals surface area contributed by atoms with Gasteiger partial charge >= 0.3 is 5.97 Å². The lowest BCUT2D eigenvalue weighted by molar-refractivity contribution is -0.137. The minimum Gasteiger partial charge on any atom is -0.481 e. The van der Waals surface area contributed by atoms with Crippen LogP contribution in [-0.2, 0) is 4.79 Å². The van der Waals surface area contributed by atoms with E-state index in [2.05, 4.69) is 11.8 Å². The van der Waals surface area contributed by atoms with Crippen LogP contribution in [0.1, 0.15) is 45.4 Å². The van der Waals surface area contributed by atoms with Gasteiger partial charge in [-0.2, -0.15) is 0 Å². The Labute approximate surface area is 92.5 Å². The van der Waals surface area contributed by atoms with Gasteiger partial charge in [-0.15, -0.1) is 0 Å². The molecule has 1 N–H and O–H groups in total. The summed E-state index contributed by atoms with van der Waals surface area (Å²) in [6.07, 6.45) is 6.15. The molecule has 0 saturated carbocycles. The topological polar surface area (TPSA) is 40.5 Å². The lowest BCUT2D eigenvalue weighted by atomic mass is 9.95. The van der Waals surface area contributed by atoms with Gasteiger partial charge in [-0.05, 0) is 44.7 Å². The summed E-state index contributed by atoms with van der Waals surface area (Å²) in [7, 11) is 0. The van der Waals surface area contributed by atoms with E-state index in [0.717, 1.165) is 25.3 Å². The molecule has 1 aliphatic heterocycles. The molecule has 0 spiro atoms. The minimum absolute atomic E-state index is 0.324. The number of unbranched alkanes of at least 4 members (excludes halogenated alkanes) is 1. The molecule has 0 aliphatic carbocycles. The number of hydrogen-bond donors (Lipinski definition) is 1. The molecular formula is C12H23NO2. The molecule has 1 fully saturated rings. The predicted octanol–water partition coefficient (Wildman–Crippen LogP) is 2.36. The number of carboxylic acids is 1. The molecule has 1 aliphatic rings. The zero-order chi connectivity index (χ0) is 11.1. The molecule has 0 aromatic heterocycles. The van der Waals surface area contributed by atoms with E-state index in [-0.39, 0.29) is 0 Å². The number of piperidine rings is 1. The number of rotatable bonds is 6. The highest BCUT2D eigenvalue weighted by Gasteiger charge is 2.17. The van der Waals surface area contributed by atoms with Crippen molar-refractivity contribution in [3.63, 3.8) is 0 Å². The third-order valence-corrected chi connectivity index (χ3v) is 3.30. The first-order valence-corrected chi connectivity index (χ1v) is 6.16. The fourth-order valence-corrected chi connectivity index (χ4v) is 2.30. The number of carboxylic acid groups (broad SMARTS) is 1. The molecule has 0 aromatic rings. The Morgan fingerprint density at radius 3 is 2.93 bits per heavy atom. The van der Waals surface area contributed by atoms with E-state index >= 15 is 0 Å². The number of nitrogens with zero attached hydrogens (tertiary/aromatic N) is 1. The molecule has 1 rings (SSSR count). The molecule has 1 heterocycles. The largest absolute Gasteiger partial charge is 0.481 e. The van der Waals surface area contributed by atoms with Crippen LogP contribution in [0.15, 0.2) is 0 Å².